The number of halogens is 1. The highest BCUT2D eigenvalue weighted by Crippen LogP contribution is 2.18. The molecule has 17 heavy (non-hydrogen) atoms. The Morgan fingerprint density at radius 2 is 2.12 bits per heavy atom. The van der Waals surface area contributed by atoms with Gasteiger partial charge < -0.3 is 10.6 Å². The highest BCUT2D eigenvalue weighted by Gasteiger charge is 2.19. The molecule has 1 aliphatic rings. The molecule has 0 amide bonds. The predicted octanol–water partition coefficient (Wildman–Crippen LogP) is 2.88. The van der Waals surface area contributed by atoms with Gasteiger partial charge in [-0.05, 0) is 56.5 Å². The fraction of sp³-hybridized carbons (Fsp3) is 0.571. The van der Waals surface area contributed by atoms with Gasteiger partial charge in [0.1, 0.15) is 0 Å². The van der Waals surface area contributed by atoms with Crippen LogP contribution in [-0.4, -0.2) is 19.1 Å². The molecule has 1 aromatic carbocycles. The summed E-state index contributed by atoms with van der Waals surface area (Å²) in [6.07, 6.45) is 3.93. The molecule has 2 rings (SSSR count). The molecule has 0 atom stereocenters. The number of benzene rings is 1. The van der Waals surface area contributed by atoms with Gasteiger partial charge in [-0.15, -0.1) is 0 Å². The molecule has 2 N–H and O–H groups in total. The molecule has 0 aromatic heterocycles. The molecule has 0 saturated heterocycles. The second-order valence-electron chi connectivity index (χ2n) is 4.84. The molecule has 94 valence electrons. The van der Waals surface area contributed by atoms with Crippen LogP contribution >= 0.6 is 11.6 Å². The van der Waals surface area contributed by atoms with Crippen molar-refractivity contribution >= 4 is 11.6 Å². The first-order valence-electron chi connectivity index (χ1n) is 6.45. The normalized spacial score (nSPS) is 15.2. The van der Waals surface area contributed by atoms with Crippen LogP contribution in [0.5, 0.6) is 0 Å². The maximum atomic E-state index is 6.08. The van der Waals surface area contributed by atoms with E-state index in [4.69, 9.17) is 11.6 Å². The molecule has 2 nitrogen and oxygen atoms in total. The average molecular weight is 253 g/mol. The number of nitrogens with one attached hydrogen (secondary N) is 2. The van der Waals surface area contributed by atoms with Crippen molar-refractivity contribution in [1.29, 1.82) is 0 Å². The molecule has 1 aromatic rings. The predicted molar refractivity (Wildman–Crippen MR) is 73.5 cm³/mol. The van der Waals surface area contributed by atoms with Crippen LogP contribution in [-0.2, 0) is 6.54 Å². The van der Waals surface area contributed by atoms with Crippen molar-refractivity contribution in [3.05, 3.63) is 34.3 Å². The van der Waals surface area contributed by atoms with Crippen LogP contribution in [0, 0.1) is 6.92 Å². The maximum Gasteiger partial charge on any atom is 0.0438 e. The zero-order valence-electron chi connectivity index (χ0n) is 10.4. The van der Waals surface area contributed by atoms with Crippen LogP contribution in [0.25, 0.3) is 0 Å². The van der Waals surface area contributed by atoms with Crippen LogP contribution in [0.4, 0.5) is 0 Å². The van der Waals surface area contributed by atoms with Gasteiger partial charge >= 0.3 is 0 Å². The van der Waals surface area contributed by atoms with E-state index in [1.807, 2.05) is 13.0 Å². The fourth-order valence-corrected chi connectivity index (χ4v) is 1.99. The Balaban J connectivity index is 1.58. The molecule has 1 aliphatic carbocycles. The van der Waals surface area contributed by atoms with E-state index >= 15 is 0 Å². The molecule has 0 aliphatic heterocycles. The zero-order valence-corrected chi connectivity index (χ0v) is 11.2. The zero-order chi connectivity index (χ0) is 12.1. The summed E-state index contributed by atoms with van der Waals surface area (Å²) in [4.78, 5) is 0. The topological polar surface area (TPSA) is 24.1 Å². The smallest absolute Gasteiger partial charge is 0.0438 e. The van der Waals surface area contributed by atoms with E-state index in [9.17, 15) is 0 Å². The first-order chi connectivity index (χ1) is 8.25. The van der Waals surface area contributed by atoms with Gasteiger partial charge in [0.25, 0.3) is 0 Å². The number of hydrogen-bond donors (Lipinski definition) is 2. The number of rotatable bonds is 7. The summed E-state index contributed by atoms with van der Waals surface area (Å²) < 4.78 is 0. The third-order valence-electron chi connectivity index (χ3n) is 3.11. The van der Waals surface area contributed by atoms with E-state index < -0.39 is 0 Å². The summed E-state index contributed by atoms with van der Waals surface area (Å²) in [6.45, 7) is 5.13. The van der Waals surface area contributed by atoms with Crippen LogP contribution in [0.2, 0.25) is 5.02 Å². The average Bonchev–Trinajstić information content (AvgIpc) is 3.12. The first-order valence-corrected chi connectivity index (χ1v) is 6.82. The van der Waals surface area contributed by atoms with Crippen LogP contribution < -0.4 is 10.6 Å². The van der Waals surface area contributed by atoms with Gasteiger partial charge in [-0.1, -0.05) is 23.7 Å². The summed E-state index contributed by atoms with van der Waals surface area (Å²) in [5.74, 6) is 0. The Kier molecular flexibility index (Phi) is 4.84. The highest BCUT2D eigenvalue weighted by molar-refractivity contribution is 6.31. The molecular weight excluding hydrogens is 232 g/mol. The van der Waals surface area contributed by atoms with E-state index in [0.717, 1.165) is 36.3 Å². The minimum absolute atomic E-state index is 0.825. The summed E-state index contributed by atoms with van der Waals surface area (Å²) in [6, 6.07) is 7.09. The standard InChI is InChI=1S/C14H21ClN2/c1-11-3-4-12(9-14(11)15)10-16-7-2-8-17-13-5-6-13/h3-4,9,13,16-17H,2,5-8,10H2,1H3. The van der Waals surface area contributed by atoms with Gasteiger partial charge in [0.05, 0.1) is 0 Å². The summed E-state index contributed by atoms with van der Waals surface area (Å²) in [5.41, 5.74) is 2.40. The van der Waals surface area contributed by atoms with E-state index in [-0.39, 0.29) is 0 Å². The largest absolute Gasteiger partial charge is 0.314 e. The molecule has 0 heterocycles. The highest BCUT2D eigenvalue weighted by atomic mass is 35.5. The Morgan fingerprint density at radius 1 is 1.29 bits per heavy atom. The Hall–Kier alpha value is -0.570. The summed E-state index contributed by atoms with van der Waals surface area (Å²) in [5, 5.41) is 7.82. The van der Waals surface area contributed by atoms with Gasteiger partial charge in [-0.25, -0.2) is 0 Å². The lowest BCUT2D eigenvalue weighted by molar-refractivity contribution is 0.593. The van der Waals surface area contributed by atoms with E-state index in [2.05, 4.69) is 22.8 Å². The van der Waals surface area contributed by atoms with Crippen molar-refractivity contribution in [3.8, 4) is 0 Å². The van der Waals surface area contributed by atoms with Gasteiger partial charge in [-0.2, -0.15) is 0 Å². The van der Waals surface area contributed by atoms with Gasteiger partial charge in [0.15, 0.2) is 0 Å². The maximum absolute atomic E-state index is 6.08. The number of aryl methyl sites for hydroxylation is 1. The van der Waals surface area contributed by atoms with Crippen LogP contribution in [0.3, 0.4) is 0 Å². The first kappa shape index (κ1) is 12.9. The minimum atomic E-state index is 0.825. The fourth-order valence-electron chi connectivity index (χ4n) is 1.79. The molecule has 0 bridgehead atoms. The van der Waals surface area contributed by atoms with Gasteiger partial charge in [0, 0.05) is 17.6 Å². The SMILES string of the molecule is Cc1ccc(CNCCCNC2CC2)cc1Cl. The lowest BCUT2D eigenvalue weighted by atomic mass is 10.1. The molecule has 1 saturated carbocycles. The van der Waals surface area contributed by atoms with Crippen molar-refractivity contribution < 1.29 is 0 Å². The third kappa shape index (κ3) is 4.66. The molecule has 1 fully saturated rings. The lowest BCUT2D eigenvalue weighted by Gasteiger charge is -2.07. The molecule has 0 spiro atoms. The Bertz CT molecular complexity index is 361. The van der Waals surface area contributed by atoms with E-state index in [0.29, 0.717) is 0 Å². The molecular formula is C14H21ClN2. The summed E-state index contributed by atoms with van der Waals surface area (Å²) in [7, 11) is 0. The van der Waals surface area contributed by atoms with Crippen LogP contribution in [0.1, 0.15) is 30.4 Å². The van der Waals surface area contributed by atoms with Crippen molar-refractivity contribution in [2.24, 2.45) is 0 Å². The Labute approximate surface area is 109 Å². The molecule has 0 unspecified atom stereocenters. The van der Waals surface area contributed by atoms with Gasteiger partial charge in [-0.3, -0.25) is 0 Å². The van der Waals surface area contributed by atoms with Crippen molar-refractivity contribution in [2.45, 2.75) is 38.8 Å². The Morgan fingerprint density at radius 3 is 2.82 bits per heavy atom. The minimum Gasteiger partial charge on any atom is -0.314 e. The van der Waals surface area contributed by atoms with E-state index in [1.54, 1.807) is 0 Å². The second kappa shape index (κ2) is 6.39. The van der Waals surface area contributed by atoms with Crippen molar-refractivity contribution in [2.75, 3.05) is 13.1 Å². The lowest BCUT2D eigenvalue weighted by Crippen LogP contribution is -2.23. The quantitative estimate of drug-likeness (QED) is 0.730. The van der Waals surface area contributed by atoms with Gasteiger partial charge in [0.2, 0.25) is 0 Å². The monoisotopic (exact) mass is 252 g/mol. The third-order valence-corrected chi connectivity index (χ3v) is 3.51. The molecule has 0 radical (unpaired) electrons. The second-order valence-corrected chi connectivity index (χ2v) is 5.25. The van der Waals surface area contributed by atoms with Crippen molar-refractivity contribution in [3.63, 3.8) is 0 Å². The summed E-state index contributed by atoms with van der Waals surface area (Å²) >= 11 is 6.08. The molecule has 3 heteroatoms. The van der Waals surface area contributed by atoms with E-state index in [1.165, 1.54) is 24.8 Å². The number of hydrogen-bond acceptors (Lipinski definition) is 2. The van der Waals surface area contributed by atoms with Crippen LogP contribution in [0.15, 0.2) is 18.2 Å². The van der Waals surface area contributed by atoms with Crippen molar-refractivity contribution in [1.82, 2.24) is 10.6 Å².